The van der Waals surface area contributed by atoms with Crippen molar-refractivity contribution in [1.82, 2.24) is 0 Å². The van der Waals surface area contributed by atoms with E-state index in [1.54, 1.807) is 11.1 Å². The van der Waals surface area contributed by atoms with Crippen molar-refractivity contribution in [2.24, 2.45) is 0 Å². The molecule has 2 aromatic rings. The lowest BCUT2D eigenvalue weighted by molar-refractivity contribution is -0.698. The van der Waals surface area contributed by atoms with E-state index < -0.39 is 0 Å². The number of hydrogen-bond acceptors (Lipinski definition) is 0. The first-order chi connectivity index (χ1) is 18.3. The summed E-state index contributed by atoms with van der Waals surface area (Å²) >= 11 is 0. The molecular formula is C36H60N+. The Hall–Kier alpha value is -1.63. The molecule has 1 aromatic heterocycles. The third kappa shape index (κ3) is 16.7. The van der Waals surface area contributed by atoms with Crippen LogP contribution in [0.1, 0.15) is 153 Å². The zero-order valence-corrected chi connectivity index (χ0v) is 24.8. The van der Waals surface area contributed by atoms with Crippen molar-refractivity contribution < 1.29 is 4.57 Å². The van der Waals surface area contributed by atoms with Crippen LogP contribution < -0.4 is 4.57 Å². The molecule has 1 nitrogen and oxygen atoms in total. The number of aromatic nitrogens is 1. The minimum absolute atomic E-state index is 1.13. The van der Waals surface area contributed by atoms with Crippen LogP contribution in [0.15, 0.2) is 48.8 Å². The molecule has 0 fully saturated rings. The Balaban J connectivity index is 1.75. The quantitative estimate of drug-likeness (QED) is 0.0984. The number of unbranched alkanes of at least 4 members (excludes halogenated alkanes) is 16. The molecule has 208 valence electrons. The second-order valence-corrected chi connectivity index (χ2v) is 11.5. The molecule has 0 saturated heterocycles. The lowest BCUT2D eigenvalue weighted by atomic mass is 10.0. The summed E-state index contributed by atoms with van der Waals surface area (Å²) in [5.74, 6) is 0. The number of benzene rings is 1. The molecule has 0 aliphatic carbocycles. The van der Waals surface area contributed by atoms with E-state index in [4.69, 9.17) is 0 Å². The highest BCUT2D eigenvalue weighted by Gasteiger charge is 2.09. The summed E-state index contributed by atoms with van der Waals surface area (Å²) < 4.78 is 2.51. The van der Waals surface area contributed by atoms with Gasteiger partial charge in [0, 0.05) is 17.5 Å². The smallest absolute Gasteiger partial charge is 0.171 e. The van der Waals surface area contributed by atoms with Crippen molar-refractivity contribution in [3.8, 4) is 0 Å². The predicted octanol–water partition coefficient (Wildman–Crippen LogP) is 10.8. The molecule has 0 amide bonds. The maximum absolute atomic E-state index is 2.53. The Morgan fingerprint density at radius 2 is 0.838 bits per heavy atom. The van der Waals surface area contributed by atoms with Gasteiger partial charge in [0.1, 0.15) is 6.54 Å². The van der Waals surface area contributed by atoms with Crippen LogP contribution in [0.25, 0.3) is 0 Å². The largest absolute Gasteiger partial charge is 0.205 e. The number of aryl methyl sites for hydroxylation is 4. The first kappa shape index (κ1) is 31.6. The molecule has 0 atom stereocenters. The van der Waals surface area contributed by atoms with Gasteiger partial charge in [-0.3, -0.25) is 0 Å². The number of nitrogens with zero attached hydrogens (tertiary/aromatic N) is 1. The van der Waals surface area contributed by atoms with Crippen molar-refractivity contribution in [2.75, 3.05) is 0 Å². The van der Waals surface area contributed by atoms with Gasteiger partial charge in [-0.25, -0.2) is 4.57 Å². The molecule has 0 N–H and O–H groups in total. The van der Waals surface area contributed by atoms with Crippen LogP contribution in [0.3, 0.4) is 0 Å². The molecule has 1 heteroatoms. The summed E-state index contributed by atoms with van der Waals surface area (Å²) in [6.07, 6.45) is 35.2. The topological polar surface area (TPSA) is 3.88 Å². The molecule has 37 heavy (non-hydrogen) atoms. The normalized spacial score (nSPS) is 11.3. The van der Waals surface area contributed by atoms with Crippen LogP contribution in [0.5, 0.6) is 0 Å². The maximum Gasteiger partial charge on any atom is 0.171 e. The molecule has 1 aromatic carbocycles. The van der Waals surface area contributed by atoms with E-state index >= 15 is 0 Å². The van der Waals surface area contributed by atoms with E-state index in [-0.39, 0.29) is 0 Å². The van der Waals surface area contributed by atoms with Crippen molar-refractivity contribution >= 4 is 0 Å². The molecule has 0 aliphatic heterocycles. The fourth-order valence-electron chi connectivity index (χ4n) is 5.57. The van der Waals surface area contributed by atoms with Crippen molar-refractivity contribution in [3.63, 3.8) is 0 Å². The van der Waals surface area contributed by atoms with Crippen molar-refractivity contribution in [3.05, 3.63) is 65.5 Å². The monoisotopic (exact) mass is 506 g/mol. The third-order valence-electron chi connectivity index (χ3n) is 7.90. The Bertz CT molecular complexity index is 725. The highest BCUT2D eigenvalue weighted by molar-refractivity contribution is 5.16. The molecular weight excluding hydrogens is 446 g/mol. The van der Waals surface area contributed by atoms with E-state index in [1.165, 1.54) is 147 Å². The van der Waals surface area contributed by atoms with Gasteiger partial charge in [0.05, 0.1) is 0 Å². The summed E-state index contributed by atoms with van der Waals surface area (Å²) in [6.45, 7) is 5.74. The first-order valence-corrected chi connectivity index (χ1v) is 16.4. The van der Waals surface area contributed by atoms with Crippen LogP contribution in [0.4, 0.5) is 0 Å². The lowest BCUT2D eigenvalue weighted by Crippen LogP contribution is -2.34. The molecule has 0 unspecified atom stereocenters. The predicted molar refractivity (Wildman–Crippen MR) is 163 cm³/mol. The van der Waals surface area contributed by atoms with Crippen LogP contribution in [0.2, 0.25) is 0 Å². The summed E-state index contributed by atoms with van der Waals surface area (Å²) in [5, 5.41) is 0. The SMILES string of the molecule is CCCCCCCCCCCc1cc(CCCCCCCCCCC)c[n+](CCCc2ccccc2)c1. The van der Waals surface area contributed by atoms with E-state index in [0.29, 0.717) is 0 Å². The third-order valence-corrected chi connectivity index (χ3v) is 7.90. The summed E-state index contributed by atoms with van der Waals surface area (Å²) in [7, 11) is 0. The minimum Gasteiger partial charge on any atom is -0.205 e. The fraction of sp³-hybridized carbons (Fsp3) is 0.694. The Kier molecular flexibility index (Phi) is 19.1. The molecule has 0 spiro atoms. The summed E-state index contributed by atoms with van der Waals surface area (Å²) in [6, 6.07) is 13.5. The van der Waals surface area contributed by atoms with Gasteiger partial charge in [-0.2, -0.15) is 0 Å². The molecule has 2 rings (SSSR count). The van der Waals surface area contributed by atoms with Gasteiger partial charge >= 0.3 is 0 Å². The van der Waals surface area contributed by atoms with Crippen LogP contribution in [-0.4, -0.2) is 0 Å². The molecule has 0 aliphatic rings. The van der Waals surface area contributed by atoms with Gasteiger partial charge < -0.3 is 0 Å². The van der Waals surface area contributed by atoms with Gasteiger partial charge in [-0.05, 0) is 43.7 Å². The highest BCUT2D eigenvalue weighted by atomic mass is 14.9. The summed E-state index contributed by atoms with van der Waals surface area (Å²) in [5.41, 5.74) is 4.59. The Morgan fingerprint density at radius 1 is 0.432 bits per heavy atom. The van der Waals surface area contributed by atoms with Gasteiger partial charge in [0.25, 0.3) is 0 Å². The number of rotatable bonds is 24. The zero-order chi connectivity index (χ0) is 26.2. The fourth-order valence-corrected chi connectivity index (χ4v) is 5.57. The van der Waals surface area contributed by atoms with E-state index in [1.807, 2.05) is 0 Å². The van der Waals surface area contributed by atoms with Crippen molar-refractivity contribution in [2.45, 2.75) is 162 Å². The van der Waals surface area contributed by atoms with Gasteiger partial charge in [0.2, 0.25) is 0 Å². The van der Waals surface area contributed by atoms with E-state index in [0.717, 1.165) is 6.54 Å². The molecule has 0 saturated carbocycles. The highest BCUT2D eigenvalue weighted by Crippen LogP contribution is 2.15. The molecule has 0 bridgehead atoms. The van der Waals surface area contributed by atoms with Crippen LogP contribution in [-0.2, 0) is 25.8 Å². The van der Waals surface area contributed by atoms with Gasteiger partial charge in [-0.1, -0.05) is 147 Å². The van der Waals surface area contributed by atoms with E-state index in [2.05, 4.69) is 67.2 Å². The Morgan fingerprint density at radius 3 is 1.30 bits per heavy atom. The Labute approximate surface area is 231 Å². The van der Waals surface area contributed by atoms with Crippen LogP contribution in [0, 0.1) is 0 Å². The standard InChI is InChI=1S/C36H60N/c1-3-5-7-9-11-13-15-17-20-27-35-31-36(28-21-18-16-14-12-10-8-6-4-2)33-37(32-35)30-24-29-34-25-22-19-23-26-34/h19,22-23,25-26,31-33H,3-18,20-21,24,27-30H2,1-2H3/q+1. The summed E-state index contributed by atoms with van der Waals surface area (Å²) in [4.78, 5) is 0. The molecule has 0 radical (unpaired) electrons. The lowest BCUT2D eigenvalue weighted by Gasteiger charge is -2.07. The minimum atomic E-state index is 1.13. The van der Waals surface area contributed by atoms with Crippen molar-refractivity contribution in [1.29, 1.82) is 0 Å². The van der Waals surface area contributed by atoms with Crippen LogP contribution >= 0.6 is 0 Å². The average molecular weight is 507 g/mol. The van der Waals surface area contributed by atoms with Gasteiger partial charge in [-0.15, -0.1) is 0 Å². The van der Waals surface area contributed by atoms with E-state index in [9.17, 15) is 0 Å². The maximum atomic E-state index is 2.53. The first-order valence-electron chi connectivity index (χ1n) is 16.4. The second kappa shape index (κ2) is 22.4. The average Bonchev–Trinajstić information content (AvgIpc) is 2.92. The number of pyridine rings is 1. The second-order valence-electron chi connectivity index (χ2n) is 11.5. The number of hydrogen-bond donors (Lipinski definition) is 0. The zero-order valence-electron chi connectivity index (χ0n) is 24.8. The molecule has 1 heterocycles. The van der Waals surface area contributed by atoms with Gasteiger partial charge in [0.15, 0.2) is 12.4 Å².